The van der Waals surface area contributed by atoms with E-state index in [0.717, 1.165) is 11.3 Å². The van der Waals surface area contributed by atoms with E-state index in [1.165, 1.54) is 0 Å². The van der Waals surface area contributed by atoms with E-state index >= 15 is 0 Å². The maximum Gasteiger partial charge on any atom is 0.348 e. The van der Waals surface area contributed by atoms with Crippen molar-refractivity contribution >= 4 is 34.0 Å². The molecule has 0 aliphatic rings. The number of rotatable bonds is 2. The number of nitrogens with two attached hydrogens (primary N) is 1. The molecule has 0 aliphatic carbocycles. The fraction of sp³-hybridized carbons (Fsp3) is 0. The van der Waals surface area contributed by atoms with Crippen molar-refractivity contribution in [3.8, 4) is 11.3 Å². The Morgan fingerprint density at radius 1 is 1.38 bits per heavy atom. The predicted octanol–water partition coefficient (Wildman–Crippen LogP) is 2.74. The van der Waals surface area contributed by atoms with Gasteiger partial charge in [0.15, 0.2) is 5.13 Å². The summed E-state index contributed by atoms with van der Waals surface area (Å²) in [4.78, 5) is 15.1. The van der Waals surface area contributed by atoms with Gasteiger partial charge in [-0.25, -0.2) is 9.78 Å². The number of anilines is 1. The van der Waals surface area contributed by atoms with Gasteiger partial charge in [0.05, 0.1) is 5.69 Å². The van der Waals surface area contributed by atoms with Gasteiger partial charge in [0.2, 0.25) is 0 Å². The first kappa shape index (κ1) is 10.9. The van der Waals surface area contributed by atoms with E-state index in [1.54, 1.807) is 24.3 Å². The van der Waals surface area contributed by atoms with Crippen LogP contribution in [0, 0.1) is 0 Å². The molecule has 0 unspecified atom stereocenters. The highest BCUT2D eigenvalue weighted by Crippen LogP contribution is 2.30. The van der Waals surface area contributed by atoms with Crippen LogP contribution in [0.1, 0.15) is 9.67 Å². The Morgan fingerprint density at radius 3 is 2.56 bits per heavy atom. The Morgan fingerprint density at radius 2 is 2.00 bits per heavy atom. The molecule has 0 amide bonds. The molecule has 0 bridgehead atoms. The highest BCUT2D eigenvalue weighted by molar-refractivity contribution is 7.17. The van der Waals surface area contributed by atoms with Crippen molar-refractivity contribution in [3.63, 3.8) is 0 Å². The average Bonchev–Trinajstić information content (AvgIpc) is 2.61. The summed E-state index contributed by atoms with van der Waals surface area (Å²) in [6, 6.07) is 6.78. The number of hydrogen-bond donors (Lipinski definition) is 2. The first-order chi connectivity index (χ1) is 7.58. The number of halogens is 1. The third kappa shape index (κ3) is 2.00. The zero-order valence-corrected chi connectivity index (χ0v) is 9.55. The van der Waals surface area contributed by atoms with E-state index in [4.69, 9.17) is 22.4 Å². The number of aromatic carboxylic acids is 1. The summed E-state index contributed by atoms with van der Waals surface area (Å²) in [6.45, 7) is 0. The number of carboxylic acids is 1. The molecule has 4 nitrogen and oxygen atoms in total. The molecule has 0 saturated heterocycles. The highest BCUT2D eigenvalue weighted by atomic mass is 35.5. The van der Waals surface area contributed by atoms with Gasteiger partial charge in [-0.05, 0) is 12.1 Å². The van der Waals surface area contributed by atoms with Crippen molar-refractivity contribution in [2.75, 3.05) is 5.73 Å². The van der Waals surface area contributed by atoms with Crippen LogP contribution in [0.2, 0.25) is 5.02 Å². The van der Waals surface area contributed by atoms with Gasteiger partial charge in [0.25, 0.3) is 0 Å². The molecule has 82 valence electrons. The number of carbonyl (C=O) groups is 1. The Bertz CT molecular complexity index is 536. The molecule has 3 N–H and O–H groups in total. The molecule has 1 aromatic heterocycles. The quantitative estimate of drug-likeness (QED) is 0.864. The molecule has 1 aromatic carbocycles. The molecular formula is C10H7ClN2O2S. The predicted molar refractivity (Wildman–Crippen MR) is 63.9 cm³/mol. The van der Waals surface area contributed by atoms with Gasteiger partial charge in [0.1, 0.15) is 4.88 Å². The lowest BCUT2D eigenvalue weighted by Gasteiger charge is -1.98. The number of nitrogens with zero attached hydrogens (tertiary/aromatic N) is 1. The first-order valence-electron chi connectivity index (χ1n) is 4.33. The Kier molecular flexibility index (Phi) is 2.80. The van der Waals surface area contributed by atoms with E-state index in [0.29, 0.717) is 16.3 Å². The van der Waals surface area contributed by atoms with Crippen molar-refractivity contribution in [1.29, 1.82) is 0 Å². The maximum atomic E-state index is 11.0. The molecular weight excluding hydrogens is 248 g/mol. The topological polar surface area (TPSA) is 76.2 Å². The molecule has 0 saturated carbocycles. The lowest BCUT2D eigenvalue weighted by atomic mass is 10.1. The molecule has 16 heavy (non-hydrogen) atoms. The third-order valence-corrected chi connectivity index (χ3v) is 3.08. The van der Waals surface area contributed by atoms with Crippen LogP contribution >= 0.6 is 22.9 Å². The SMILES string of the molecule is Nc1nc(-c2ccc(Cl)cc2)c(C(=O)O)s1. The molecule has 0 aliphatic heterocycles. The summed E-state index contributed by atoms with van der Waals surface area (Å²) in [5, 5.41) is 9.81. The zero-order chi connectivity index (χ0) is 11.7. The van der Waals surface area contributed by atoms with E-state index in [-0.39, 0.29) is 10.0 Å². The van der Waals surface area contributed by atoms with E-state index in [2.05, 4.69) is 4.98 Å². The summed E-state index contributed by atoms with van der Waals surface area (Å²) < 4.78 is 0. The van der Waals surface area contributed by atoms with Crippen LogP contribution in [0.25, 0.3) is 11.3 Å². The molecule has 2 rings (SSSR count). The molecule has 0 fully saturated rings. The van der Waals surface area contributed by atoms with Crippen LogP contribution < -0.4 is 5.73 Å². The largest absolute Gasteiger partial charge is 0.477 e. The minimum atomic E-state index is -1.03. The molecule has 0 radical (unpaired) electrons. The van der Waals surface area contributed by atoms with E-state index < -0.39 is 5.97 Å². The highest BCUT2D eigenvalue weighted by Gasteiger charge is 2.17. The van der Waals surface area contributed by atoms with Crippen molar-refractivity contribution in [2.45, 2.75) is 0 Å². The molecule has 0 atom stereocenters. The van der Waals surface area contributed by atoms with Crippen molar-refractivity contribution in [1.82, 2.24) is 4.98 Å². The zero-order valence-electron chi connectivity index (χ0n) is 7.98. The second kappa shape index (κ2) is 4.11. The van der Waals surface area contributed by atoms with Gasteiger partial charge in [-0.3, -0.25) is 0 Å². The Labute approximate surface area is 100 Å². The van der Waals surface area contributed by atoms with Gasteiger partial charge in [-0.1, -0.05) is 35.1 Å². The number of thiazole rings is 1. The van der Waals surface area contributed by atoms with Gasteiger partial charge in [0, 0.05) is 10.6 Å². The van der Waals surface area contributed by atoms with Crippen LogP contribution in [0.5, 0.6) is 0 Å². The number of benzene rings is 1. The fourth-order valence-electron chi connectivity index (χ4n) is 1.29. The smallest absolute Gasteiger partial charge is 0.348 e. The molecule has 2 aromatic rings. The minimum Gasteiger partial charge on any atom is -0.477 e. The van der Waals surface area contributed by atoms with Crippen molar-refractivity contribution < 1.29 is 9.90 Å². The lowest BCUT2D eigenvalue weighted by Crippen LogP contribution is -1.95. The van der Waals surface area contributed by atoms with Crippen LogP contribution in [0.3, 0.4) is 0 Å². The summed E-state index contributed by atoms with van der Waals surface area (Å²) in [7, 11) is 0. The number of carboxylic acid groups (broad SMARTS) is 1. The van der Waals surface area contributed by atoms with E-state index in [9.17, 15) is 4.79 Å². The van der Waals surface area contributed by atoms with Crippen LogP contribution in [-0.4, -0.2) is 16.1 Å². The lowest BCUT2D eigenvalue weighted by molar-refractivity contribution is 0.0702. The normalized spacial score (nSPS) is 10.3. The summed E-state index contributed by atoms with van der Waals surface area (Å²) in [5.41, 5.74) is 6.57. The minimum absolute atomic E-state index is 0.139. The van der Waals surface area contributed by atoms with Gasteiger partial charge >= 0.3 is 5.97 Å². The van der Waals surface area contributed by atoms with E-state index in [1.807, 2.05) is 0 Å². The molecule has 6 heteroatoms. The summed E-state index contributed by atoms with van der Waals surface area (Å²) in [5.74, 6) is -1.03. The second-order valence-corrected chi connectivity index (χ2v) is 4.51. The van der Waals surface area contributed by atoms with Crippen LogP contribution in [0.4, 0.5) is 5.13 Å². The number of hydrogen-bond acceptors (Lipinski definition) is 4. The average molecular weight is 255 g/mol. The monoisotopic (exact) mass is 254 g/mol. The van der Waals surface area contributed by atoms with Crippen molar-refractivity contribution in [2.24, 2.45) is 0 Å². The Hall–Kier alpha value is -1.59. The van der Waals surface area contributed by atoms with Crippen LogP contribution in [0.15, 0.2) is 24.3 Å². The molecule has 0 spiro atoms. The summed E-state index contributed by atoms with van der Waals surface area (Å²) >= 11 is 6.70. The Balaban J connectivity index is 2.55. The number of aromatic nitrogens is 1. The van der Waals surface area contributed by atoms with Gasteiger partial charge in [-0.2, -0.15) is 0 Å². The standard InChI is InChI=1S/C10H7ClN2O2S/c11-6-3-1-5(2-4-6)7-8(9(14)15)16-10(12)13-7/h1-4H,(H2,12,13)(H,14,15). The number of nitrogen functional groups attached to an aromatic ring is 1. The summed E-state index contributed by atoms with van der Waals surface area (Å²) in [6.07, 6.45) is 0. The van der Waals surface area contributed by atoms with Crippen LogP contribution in [-0.2, 0) is 0 Å². The maximum absolute atomic E-state index is 11.0. The van der Waals surface area contributed by atoms with Crippen molar-refractivity contribution in [3.05, 3.63) is 34.2 Å². The second-order valence-electron chi connectivity index (χ2n) is 3.04. The first-order valence-corrected chi connectivity index (χ1v) is 5.53. The third-order valence-electron chi connectivity index (χ3n) is 1.96. The molecule has 1 heterocycles. The fourth-order valence-corrected chi connectivity index (χ4v) is 2.10. The van der Waals surface area contributed by atoms with Gasteiger partial charge < -0.3 is 10.8 Å². The van der Waals surface area contributed by atoms with Gasteiger partial charge in [-0.15, -0.1) is 0 Å².